The van der Waals surface area contributed by atoms with Crippen molar-refractivity contribution in [2.45, 2.75) is 26.3 Å². The molecule has 0 bridgehead atoms. The number of hydrogen-bond donors (Lipinski definition) is 1. The Kier molecular flexibility index (Phi) is 5.44. The van der Waals surface area contributed by atoms with Crippen molar-refractivity contribution in [3.05, 3.63) is 20.8 Å². The van der Waals surface area contributed by atoms with E-state index >= 15 is 0 Å². The highest BCUT2D eigenvalue weighted by molar-refractivity contribution is 9.10. The Morgan fingerprint density at radius 1 is 1.56 bits per heavy atom. The van der Waals surface area contributed by atoms with E-state index in [0.717, 1.165) is 22.4 Å². The van der Waals surface area contributed by atoms with Crippen molar-refractivity contribution < 1.29 is 9.90 Å². The number of aliphatic carboxylic acids is 1. The van der Waals surface area contributed by atoms with Crippen molar-refractivity contribution >= 4 is 33.2 Å². The van der Waals surface area contributed by atoms with Gasteiger partial charge in [-0.15, -0.1) is 11.3 Å². The highest BCUT2D eigenvalue weighted by Crippen LogP contribution is 2.31. The fourth-order valence-corrected chi connectivity index (χ4v) is 3.32. The second-order valence-corrected chi connectivity index (χ2v) is 5.36. The lowest BCUT2D eigenvalue weighted by molar-refractivity contribution is -0.138. The summed E-state index contributed by atoms with van der Waals surface area (Å²) in [6.45, 7) is 5.84. The number of carboxylic acid groups (broad SMARTS) is 1. The molecule has 16 heavy (non-hydrogen) atoms. The maximum absolute atomic E-state index is 10.9. The molecule has 0 saturated carbocycles. The lowest BCUT2D eigenvalue weighted by atomic mass is 10.1. The van der Waals surface area contributed by atoms with E-state index in [1.807, 2.05) is 11.4 Å². The summed E-state index contributed by atoms with van der Waals surface area (Å²) in [5, 5.41) is 11.0. The molecule has 0 radical (unpaired) electrons. The molecule has 1 aromatic heterocycles. The largest absolute Gasteiger partial charge is 0.481 e. The molecular formula is C11H16BrNO2S. The second-order valence-electron chi connectivity index (χ2n) is 3.50. The van der Waals surface area contributed by atoms with Crippen LogP contribution in [-0.2, 0) is 4.79 Å². The summed E-state index contributed by atoms with van der Waals surface area (Å²) in [4.78, 5) is 14.2. The van der Waals surface area contributed by atoms with E-state index in [9.17, 15) is 4.79 Å². The predicted octanol–water partition coefficient (Wildman–Crippen LogP) is 3.37. The number of nitrogens with zero attached hydrogens (tertiary/aromatic N) is 1. The molecule has 0 aliphatic carbocycles. The summed E-state index contributed by atoms with van der Waals surface area (Å²) in [5.41, 5.74) is 0. The van der Waals surface area contributed by atoms with Gasteiger partial charge in [-0.3, -0.25) is 9.69 Å². The van der Waals surface area contributed by atoms with E-state index in [1.54, 1.807) is 11.3 Å². The van der Waals surface area contributed by atoms with Gasteiger partial charge in [0, 0.05) is 14.7 Å². The van der Waals surface area contributed by atoms with E-state index in [2.05, 4.69) is 34.7 Å². The molecule has 0 fully saturated rings. The van der Waals surface area contributed by atoms with Crippen molar-refractivity contribution in [2.24, 2.45) is 0 Å². The van der Waals surface area contributed by atoms with Crippen LogP contribution in [0, 0.1) is 0 Å². The van der Waals surface area contributed by atoms with Gasteiger partial charge < -0.3 is 5.11 Å². The first-order valence-corrected chi connectivity index (χ1v) is 6.95. The topological polar surface area (TPSA) is 40.5 Å². The van der Waals surface area contributed by atoms with Crippen LogP contribution in [0.1, 0.15) is 31.2 Å². The smallest absolute Gasteiger partial charge is 0.305 e. The number of thiophene rings is 1. The van der Waals surface area contributed by atoms with Gasteiger partial charge in [0.05, 0.1) is 12.5 Å². The molecular weight excluding hydrogens is 290 g/mol. The van der Waals surface area contributed by atoms with Gasteiger partial charge in [0.2, 0.25) is 0 Å². The Morgan fingerprint density at radius 3 is 2.56 bits per heavy atom. The first-order valence-electron chi connectivity index (χ1n) is 5.28. The van der Waals surface area contributed by atoms with Crippen molar-refractivity contribution in [1.29, 1.82) is 0 Å². The summed E-state index contributed by atoms with van der Waals surface area (Å²) >= 11 is 5.01. The van der Waals surface area contributed by atoms with Crippen LogP contribution in [-0.4, -0.2) is 29.1 Å². The minimum atomic E-state index is -0.749. The van der Waals surface area contributed by atoms with Crippen LogP contribution in [0.25, 0.3) is 0 Å². The SMILES string of the molecule is CCN(CC)C(CC(=O)O)c1cc(Br)cs1. The Morgan fingerprint density at radius 2 is 2.19 bits per heavy atom. The fraction of sp³-hybridized carbons (Fsp3) is 0.545. The van der Waals surface area contributed by atoms with Gasteiger partial charge in [-0.2, -0.15) is 0 Å². The molecule has 0 amide bonds. The molecule has 1 aromatic rings. The summed E-state index contributed by atoms with van der Waals surface area (Å²) in [6.07, 6.45) is 0.161. The minimum absolute atomic E-state index is 0.0104. The van der Waals surface area contributed by atoms with Crippen LogP contribution < -0.4 is 0 Å². The first-order chi connectivity index (χ1) is 7.58. The molecule has 3 nitrogen and oxygen atoms in total. The Bertz CT molecular complexity index is 350. The third-order valence-electron chi connectivity index (χ3n) is 2.54. The van der Waals surface area contributed by atoms with Crippen molar-refractivity contribution in [2.75, 3.05) is 13.1 Å². The molecule has 0 aliphatic rings. The molecule has 1 unspecified atom stereocenters. The zero-order chi connectivity index (χ0) is 12.1. The number of rotatable bonds is 6. The van der Waals surface area contributed by atoms with Crippen molar-refractivity contribution in [3.8, 4) is 0 Å². The molecule has 1 N–H and O–H groups in total. The van der Waals surface area contributed by atoms with E-state index in [-0.39, 0.29) is 12.5 Å². The molecule has 90 valence electrons. The molecule has 1 heterocycles. The van der Waals surface area contributed by atoms with Gasteiger partial charge in [-0.25, -0.2) is 0 Å². The average molecular weight is 306 g/mol. The quantitative estimate of drug-likeness (QED) is 0.876. The van der Waals surface area contributed by atoms with Crippen LogP contribution in [0.5, 0.6) is 0 Å². The van der Waals surface area contributed by atoms with E-state index in [0.29, 0.717) is 0 Å². The van der Waals surface area contributed by atoms with Crippen LogP contribution in [0.3, 0.4) is 0 Å². The molecule has 0 aromatic carbocycles. The Hall–Kier alpha value is -0.390. The zero-order valence-electron chi connectivity index (χ0n) is 9.44. The number of hydrogen-bond acceptors (Lipinski definition) is 3. The van der Waals surface area contributed by atoms with Gasteiger partial charge in [-0.05, 0) is 35.1 Å². The standard InChI is InChI=1S/C11H16BrNO2S/c1-3-13(4-2)9(6-11(14)15)10-5-8(12)7-16-10/h5,7,9H,3-4,6H2,1-2H3,(H,14,15). The Labute approximate surface area is 108 Å². The van der Waals surface area contributed by atoms with Crippen molar-refractivity contribution in [3.63, 3.8) is 0 Å². The van der Waals surface area contributed by atoms with E-state index < -0.39 is 5.97 Å². The molecule has 5 heteroatoms. The van der Waals surface area contributed by atoms with E-state index in [4.69, 9.17) is 5.11 Å². The summed E-state index contributed by atoms with van der Waals surface area (Å²) in [6, 6.07) is 2.00. The normalized spacial score (nSPS) is 13.0. The monoisotopic (exact) mass is 305 g/mol. The number of carboxylic acids is 1. The zero-order valence-corrected chi connectivity index (χ0v) is 11.8. The van der Waals surface area contributed by atoms with Crippen LogP contribution in [0.4, 0.5) is 0 Å². The van der Waals surface area contributed by atoms with Gasteiger partial charge in [-0.1, -0.05) is 13.8 Å². The third kappa shape index (κ3) is 3.57. The Balaban J connectivity index is 2.90. The van der Waals surface area contributed by atoms with Crippen LogP contribution in [0.2, 0.25) is 0 Å². The van der Waals surface area contributed by atoms with Crippen LogP contribution in [0.15, 0.2) is 15.9 Å². The molecule has 1 atom stereocenters. The van der Waals surface area contributed by atoms with Gasteiger partial charge in [0.1, 0.15) is 0 Å². The minimum Gasteiger partial charge on any atom is -0.481 e. The average Bonchev–Trinajstić information content (AvgIpc) is 2.64. The summed E-state index contributed by atoms with van der Waals surface area (Å²) < 4.78 is 1.02. The van der Waals surface area contributed by atoms with Gasteiger partial charge in [0.25, 0.3) is 0 Å². The maximum atomic E-state index is 10.9. The highest BCUT2D eigenvalue weighted by atomic mass is 79.9. The first kappa shape index (κ1) is 13.7. The maximum Gasteiger partial charge on any atom is 0.305 e. The lowest BCUT2D eigenvalue weighted by Crippen LogP contribution is -2.29. The van der Waals surface area contributed by atoms with Crippen molar-refractivity contribution in [1.82, 2.24) is 4.90 Å². The summed E-state index contributed by atoms with van der Waals surface area (Å²) in [5.74, 6) is -0.749. The summed E-state index contributed by atoms with van der Waals surface area (Å²) in [7, 11) is 0. The fourth-order valence-electron chi connectivity index (χ4n) is 1.74. The highest BCUT2D eigenvalue weighted by Gasteiger charge is 2.22. The predicted molar refractivity (Wildman–Crippen MR) is 69.9 cm³/mol. The molecule has 0 saturated heterocycles. The van der Waals surface area contributed by atoms with Gasteiger partial charge >= 0.3 is 5.97 Å². The third-order valence-corrected chi connectivity index (χ3v) is 4.33. The van der Waals surface area contributed by atoms with E-state index in [1.165, 1.54) is 0 Å². The number of halogens is 1. The number of carbonyl (C=O) groups is 1. The van der Waals surface area contributed by atoms with Crippen LogP contribution >= 0.6 is 27.3 Å². The lowest BCUT2D eigenvalue weighted by Gasteiger charge is -2.27. The van der Waals surface area contributed by atoms with Gasteiger partial charge in [0.15, 0.2) is 0 Å². The second kappa shape index (κ2) is 6.37. The molecule has 0 spiro atoms. The molecule has 1 rings (SSSR count). The molecule has 0 aliphatic heterocycles.